The first-order valence-electron chi connectivity index (χ1n) is 14.2. The molecule has 15 heteroatoms. The lowest BCUT2D eigenvalue weighted by atomic mass is 9.86. The second-order valence-electron chi connectivity index (χ2n) is 12.2. The molecule has 3 N–H and O–H groups in total. The van der Waals surface area contributed by atoms with Crippen molar-refractivity contribution in [3.05, 3.63) is 35.0 Å². The molecule has 1 unspecified atom stereocenters. The van der Waals surface area contributed by atoms with E-state index in [1.54, 1.807) is 4.90 Å². The van der Waals surface area contributed by atoms with Crippen LogP contribution in [0.25, 0.3) is 11.3 Å². The summed E-state index contributed by atoms with van der Waals surface area (Å²) < 4.78 is 40.5. The molecule has 12 nitrogen and oxygen atoms in total. The molecule has 236 valence electrons. The van der Waals surface area contributed by atoms with E-state index < -0.39 is 65.4 Å². The Labute approximate surface area is 252 Å². The number of carbonyl (C=O) groups excluding carboxylic acids is 1. The molecule has 43 heavy (non-hydrogen) atoms. The quantitative estimate of drug-likeness (QED) is 0.410. The fourth-order valence-electron chi connectivity index (χ4n) is 5.74. The smallest absolute Gasteiger partial charge is 0.410 e. The van der Waals surface area contributed by atoms with Gasteiger partial charge in [-0.3, -0.25) is 0 Å². The first-order chi connectivity index (χ1) is 20.3. The number of halogens is 3. The average Bonchev–Trinajstić information content (AvgIpc) is 3.63. The molecule has 4 heterocycles. The second kappa shape index (κ2) is 12.6. The first kappa shape index (κ1) is 31.5. The van der Waals surface area contributed by atoms with Crippen LogP contribution in [-0.2, 0) is 14.3 Å². The van der Waals surface area contributed by atoms with E-state index in [-0.39, 0.29) is 29.7 Å². The molecule has 2 saturated heterocycles. The number of aliphatic hydroxyl groups excluding tert-OH is 3. The van der Waals surface area contributed by atoms with Gasteiger partial charge in [0.25, 0.3) is 0 Å². The number of aromatic nitrogens is 3. The number of rotatable bonds is 6. The molecule has 1 aromatic carbocycles. The standard InChI is InChI=1S/C28H36ClF2N5O7/c1-28(2,3)42-27(40)35-6-4-14(5-7-35)19-10-16(43-33-19)11-21-25(38)24(26(39)22(13-37)41-21)36-12-20(32-34-36)15-8-17(30)23(29)18(31)9-15/h8-9,12,14,16,21-22,24-26,37-39H,4-7,10-11,13H2,1-3H3/t16?,21-,22-,24-,25+,26+/m1/s1. The van der Waals surface area contributed by atoms with Crippen molar-refractivity contribution in [3.8, 4) is 11.3 Å². The zero-order valence-corrected chi connectivity index (χ0v) is 24.8. The molecule has 3 aliphatic rings. The summed E-state index contributed by atoms with van der Waals surface area (Å²) >= 11 is 5.58. The minimum atomic E-state index is -1.36. The van der Waals surface area contributed by atoms with Gasteiger partial charge in [-0.25, -0.2) is 18.3 Å². The zero-order valence-electron chi connectivity index (χ0n) is 24.1. The lowest BCUT2D eigenvalue weighted by Crippen LogP contribution is -2.56. The number of nitrogens with zero attached hydrogens (tertiary/aromatic N) is 5. The number of carbonyl (C=O) groups is 1. The van der Waals surface area contributed by atoms with Crippen molar-refractivity contribution in [3.63, 3.8) is 0 Å². The number of aliphatic hydroxyl groups is 3. The molecule has 6 atom stereocenters. The SMILES string of the molecule is CC(C)(C)OC(=O)N1CCC(C2=NOC(C[C@H]3O[C@H](CO)[C@H](O)[C@H](n4cc(-c5cc(F)c(Cl)c(F)c5)nn4)[C@H]3O)C2)CC1. The van der Waals surface area contributed by atoms with Gasteiger partial charge in [-0.15, -0.1) is 5.10 Å². The van der Waals surface area contributed by atoms with Crippen LogP contribution in [0.3, 0.4) is 0 Å². The van der Waals surface area contributed by atoms with Crippen molar-refractivity contribution in [2.24, 2.45) is 11.1 Å². The number of oxime groups is 1. The van der Waals surface area contributed by atoms with Crippen molar-refractivity contribution in [2.75, 3.05) is 19.7 Å². The highest BCUT2D eigenvalue weighted by atomic mass is 35.5. The largest absolute Gasteiger partial charge is 0.444 e. The topological polar surface area (TPSA) is 152 Å². The van der Waals surface area contributed by atoms with E-state index in [1.165, 1.54) is 10.9 Å². The van der Waals surface area contributed by atoms with Crippen LogP contribution in [0.2, 0.25) is 5.02 Å². The third-order valence-corrected chi connectivity index (χ3v) is 8.32. The fourth-order valence-corrected chi connectivity index (χ4v) is 5.85. The van der Waals surface area contributed by atoms with Crippen molar-refractivity contribution in [1.82, 2.24) is 19.9 Å². The van der Waals surface area contributed by atoms with Crippen molar-refractivity contribution < 1.29 is 43.2 Å². The van der Waals surface area contributed by atoms with E-state index in [4.69, 9.17) is 25.9 Å². The molecule has 1 aromatic heterocycles. The zero-order chi connectivity index (χ0) is 31.1. The Hall–Kier alpha value is -2.91. The van der Waals surface area contributed by atoms with Gasteiger partial charge in [0.2, 0.25) is 0 Å². The van der Waals surface area contributed by atoms with Crippen LogP contribution in [0.1, 0.15) is 52.5 Å². The molecule has 1 amide bonds. The van der Waals surface area contributed by atoms with Crippen LogP contribution in [0.5, 0.6) is 0 Å². The van der Waals surface area contributed by atoms with Crippen LogP contribution in [0.4, 0.5) is 13.6 Å². The maximum atomic E-state index is 14.0. The Balaban J connectivity index is 1.21. The maximum Gasteiger partial charge on any atom is 0.410 e. The van der Waals surface area contributed by atoms with Crippen LogP contribution < -0.4 is 0 Å². The second-order valence-corrected chi connectivity index (χ2v) is 12.6. The predicted molar refractivity (Wildman–Crippen MR) is 149 cm³/mol. The van der Waals surface area contributed by atoms with Gasteiger partial charge < -0.3 is 34.5 Å². The summed E-state index contributed by atoms with van der Waals surface area (Å²) in [5.41, 5.74) is 0.467. The predicted octanol–water partition coefficient (Wildman–Crippen LogP) is 3.08. The first-order valence-corrected chi connectivity index (χ1v) is 14.6. The molecule has 2 fully saturated rings. The molecule has 0 saturated carbocycles. The minimum absolute atomic E-state index is 0.0675. The summed E-state index contributed by atoms with van der Waals surface area (Å²) in [7, 11) is 0. The minimum Gasteiger partial charge on any atom is -0.444 e. The Morgan fingerprint density at radius 3 is 2.42 bits per heavy atom. The Bertz CT molecular complexity index is 1320. The van der Waals surface area contributed by atoms with Crippen LogP contribution >= 0.6 is 11.6 Å². The van der Waals surface area contributed by atoms with Gasteiger partial charge >= 0.3 is 6.09 Å². The third kappa shape index (κ3) is 6.93. The van der Waals surface area contributed by atoms with Gasteiger partial charge in [-0.05, 0) is 45.7 Å². The van der Waals surface area contributed by atoms with Gasteiger partial charge in [0.05, 0.1) is 24.6 Å². The summed E-state index contributed by atoms with van der Waals surface area (Å²) in [6, 6.07) is 0.927. The van der Waals surface area contributed by atoms with Crippen molar-refractivity contribution in [1.29, 1.82) is 0 Å². The summed E-state index contributed by atoms with van der Waals surface area (Å²) in [4.78, 5) is 19.8. The maximum absolute atomic E-state index is 14.0. The highest BCUT2D eigenvalue weighted by molar-refractivity contribution is 6.31. The molecule has 0 spiro atoms. The van der Waals surface area contributed by atoms with Gasteiger partial charge in [0.1, 0.15) is 58.4 Å². The van der Waals surface area contributed by atoms with E-state index >= 15 is 0 Å². The van der Waals surface area contributed by atoms with Gasteiger partial charge in [-0.1, -0.05) is 22.0 Å². The summed E-state index contributed by atoms with van der Waals surface area (Å²) in [5, 5.41) is 43.7. The molecule has 0 radical (unpaired) electrons. The summed E-state index contributed by atoms with van der Waals surface area (Å²) in [6.45, 7) is 6.04. The monoisotopic (exact) mass is 627 g/mol. The molecular formula is C28H36ClF2N5O7. The highest BCUT2D eigenvalue weighted by Gasteiger charge is 2.47. The molecule has 2 aromatic rings. The van der Waals surface area contributed by atoms with Gasteiger partial charge in [0, 0.05) is 37.4 Å². The van der Waals surface area contributed by atoms with Crippen molar-refractivity contribution in [2.45, 2.75) is 88.6 Å². The Kier molecular flexibility index (Phi) is 9.23. The molecular weight excluding hydrogens is 592 g/mol. The summed E-state index contributed by atoms with van der Waals surface area (Å²) in [5.74, 6) is -1.80. The average molecular weight is 628 g/mol. The van der Waals surface area contributed by atoms with Crippen LogP contribution in [-0.4, -0.2) is 103 Å². The third-order valence-electron chi connectivity index (χ3n) is 7.96. The number of likely N-dealkylation sites (tertiary alicyclic amines) is 1. The van der Waals surface area contributed by atoms with Gasteiger partial charge in [-0.2, -0.15) is 0 Å². The number of ether oxygens (including phenoxy) is 2. The van der Waals surface area contributed by atoms with E-state index in [0.717, 1.165) is 17.8 Å². The van der Waals surface area contributed by atoms with E-state index in [2.05, 4.69) is 15.5 Å². The van der Waals surface area contributed by atoms with Crippen molar-refractivity contribution >= 4 is 23.4 Å². The summed E-state index contributed by atoms with van der Waals surface area (Å²) in [6.07, 6.45) is -1.84. The lowest BCUT2D eigenvalue weighted by molar-refractivity contribution is -0.212. The molecule has 5 rings (SSSR count). The van der Waals surface area contributed by atoms with Crippen LogP contribution in [0, 0.1) is 17.6 Å². The van der Waals surface area contributed by atoms with E-state index in [9.17, 15) is 28.9 Å². The Morgan fingerprint density at radius 2 is 1.79 bits per heavy atom. The molecule has 0 aliphatic carbocycles. The van der Waals surface area contributed by atoms with Crippen LogP contribution in [0.15, 0.2) is 23.5 Å². The van der Waals surface area contributed by atoms with E-state index in [1.807, 2.05) is 20.8 Å². The number of hydrogen-bond acceptors (Lipinski definition) is 10. The number of hydrogen-bond donors (Lipinski definition) is 3. The normalized spacial score (nSPS) is 28.5. The van der Waals surface area contributed by atoms with Gasteiger partial charge in [0.15, 0.2) is 0 Å². The highest BCUT2D eigenvalue weighted by Crippen LogP contribution is 2.35. The van der Waals surface area contributed by atoms with E-state index in [0.29, 0.717) is 32.4 Å². The fraction of sp³-hybridized carbons (Fsp3) is 0.643. The molecule has 0 bridgehead atoms. The Morgan fingerprint density at radius 1 is 1.14 bits per heavy atom. The molecule has 3 aliphatic heterocycles. The number of amides is 1. The number of piperidine rings is 1. The lowest BCUT2D eigenvalue weighted by Gasteiger charge is -2.42. The number of benzene rings is 1.